The molecule has 0 aliphatic rings. The molecule has 0 fully saturated rings. The summed E-state index contributed by atoms with van der Waals surface area (Å²) in [5, 5.41) is -0.950. The average Bonchev–Trinajstić information content (AvgIpc) is 2.43. The first-order valence-electron chi connectivity index (χ1n) is 5.44. The van der Waals surface area contributed by atoms with Crippen molar-refractivity contribution in [2.45, 2.75) is 6.61 Å². The molecule has 0 atom stereocenters. The zero-order valence-electron chi connectivity index (χ0n) is 10.4. The van der Waals surface area contributed by atoms with Gasteiger partial charge in [-0.3, -0.25) is 0 Å². The second-order valence-corrected chi connectivity index (χ2v) is 4.40. The van der Waals surface area contributed by atoms with Gasteiger partial charge in [0.1, 0.15) is 0 Å². The Kier molecular flexibility index (Phi) is 4.74. The summed E-state index contributed by atoms with van der Waals surface area (Å²) in [7, 11) is 1.30. The van der Waals surface area contributed by atoms with E-state index in [-0.39, 0.29) is 22.9 Å². The number of ether oxygens (including phenoxy) is 2. The minimum Gasteiger partial charge on any atom is -0.493 e. The van der Waals surface area contributed by atoms with E-state index in [4.69, 9.17) is 27.9 Å². The molecule has 1 aromatic heterocycles. The van der Waals surface area contributed by atoms with Gasteiger partial charge < -0.3 is 9.47 Å². The van der Waals surface area contributed by atoms with Crippen molar-refractivity contribution in [3.8, 4) is 22.9 Å². The molecule has 0 unspecified atom stereocenters. The molecular formula is C12H7Cl2F3N2O2. The number of nitrogens with zero attached hydrogens (tertiary/aromatic N) is 2. The van der Waals surface area contributed by atoms with Gasteiger partial charge in [0.15, 0.2) is 33.4 Å². The van der Waals surface area contributed by atoms with Crippen LogP contribution in [0.5, 0.6) is 11.5 Å². The van der Waals surface area contributed by atoms with Gasteiger partial charge >= 0.3 is 6.61 Å². The molecule has 21 heavy (non-hydrogen) atoms. The van der Waals surface area contributed by atoms with Crippen LogP contribution in [0.3, 0.4) is 0 Å². The van der Waals surface area contributed by atoms with Crippen LogP contribution in [0.1, 0.15) is 0 Å². The van der Waals surface area contributed by atoms with E-state index in [2.05, 4.69) is 14.7 Å². The van der Waals surface area contributed by atoms with E-state index in [9.17, 15) is 13.2 Å². The van der Waals surface area contributed by atoms with Gasteiger partial charge in [0, 0.05) is 5.56 Å². The number of halogens is 5. The molecule has 2 rings (SSSR count). The van der Waals surface area contributed by atoms with Crippen molar-refractivity contribution >= 4 is 23.2 Å². The minimum absolute atomic E-state index is 0.0341. The smallest absolute Gasteiger partial charge is 0.387 e. The lowest BCUT2D eigenvalue weighted by Gasteiger charge is -2.11. The van der Waals surface area contributed by atoms with E-state index in [0.29, 0.717) is 0 Å². The van der Waals surface area contributed by atoms with E-state index in [1.54, 1.807) is 0 Å². The first-order chi connectivity index (χ1) is 9.92. The number of hydrogen-bond donors (Lipinski definition) is 0. The molecule has 0 N–H and O–H groups in total. The summed E-state index contributed by atoms with van der Waals surface area (Å²) in [6.07, 6.45) is 0. The summed E-state index contributed by atoms with van der Waals surface area (Å²) in [6, 6.07) is 4.06. The van der Waals surface area contributed by atoms with E-state index < -0.39 is 22.7 Å². The fourth-order valence-electron chi connectivity index (χ4n) is 1.53. The Balaban J connectivity index is 2.49. The Bertz CT molecular complexity index is 648. The molecule has 2 aromatic rings. The van der Waals surface area contributed by atoms with Crippen molar-refractivity contribution in [2.24, 2.45) is 0 Å². The molecular weight excluding hydrogens is 332 g/mol. The maximum absolute atomic E-state index is 13.3. The molecule has 4 nitrogen and oxygen atoms in total. The average molecular weight is 339 g/mol. The molecule has 0 aliphatic carbocycles. The Hall–Kier alpha value is -1.73. The molecule has 112 valence electrons. The van der Waals surface area contributed by atoms with E-state index in [0.717, 1.165) is 0 Å². The predicted octanol–water partition coefficient (Wildman–Crippen LogP) is 4.20. The summed E-state index contributed by atoms with van der Waals surface area (Å²) in [5.74, 6) is -1.11. The van der Waals surface area contributed by atoms with Crippen molar-refractivity contribution in [3.05, 3.63) is 34.3 Å². The molecule has 0 saturated heterocycles. The monoisotopic (exact) mass is 338 g/mol. The number of rotatable bonds is 4. The summed E-state index contributed by atoms with van der Waals surface area (Å²) < 4.78 is 47.2. The SMILES string of the molecule is COc1ccc(-c2nc(Cl)c(F)c(Cl)n2)cc1OC(F)F. The number of hydrogen-bond acceptors (Lipinski definition) is 4. The Morgan fingerprint density at radius 1 is 1.10 bits per heavy atom. The van der Waals surface area contributed by atoms with Gasteiger partial charge in [-0.15, -0.1) is 0 Å². The van der Waals surface area contributed by atoms with E-state index in [1.165, 1.54) is 25.3 Å². The maximum Gasteiger partial charge on any atom is 0.387 e. The van der Waals surface area contributed by atoms with Crippen LogP contribution in [-0.4, -0.2) is 23.7 Å². The molecule has 0 saturated carbocycles. The molecule has 0 aliphatic heterocycles. The highest BCUT2D eigenvalue weighted by Gasteiger charge is 2.16. The van der Waals surface area contributed by atoms with Gasteiger partial charge in [-0.2, -0.15) is 8.78 Å². The molecule has 1 aromatic carbocycles. The van der Waals surface area contributed by atoms with Crippen LogP contribution >= 0.6 is 23.2 Å². The highest BCUT2D eigenvalue weighted by Crippen LogP contribution is 2.33. The van der Waals surface area contributed by atoms with Gasteiger partial charge in [-0.1, -0.05) is 23.2 Å². The Morgan fingerprint density at radius 3 is 2.24 bits per heavy atom. The summed E-state index contributed by atoms with van der Waals surface area (Å²) in [6.45, 7) is -3.03. The fourth-order valence-corrected chi connectivity index (χ4v) is 1.91. The molecule has 0 bridgehead atoms. The number of aromatic nitrogens is 2. The van der Waals surface area contributed by atoms with Crippen molar-refractivity contribution < 1.29 is 22.6 Å². The third-order valence-corrected chi connectivity index (χ3v) is 2.91. The van der Waals surface area contributed by atoms with Crippen molar-refractivity contribution in [3.63, 3.8) is 0 Å². The maximum atomic E-state index is 13.3. The lowest BCUT2D eigenvalue weighted by molar-refractivity contribution is -0.0511. The van der Waals surface area contributed by atoms with Crippen LogP contribution in [0.15, 0.2) is 18.2 Å². The normalized spacial score (nSPS) is 10.8. The summed E-state index contributed by atoms with van der Waals surface area (Å²) in [4.78, 5) is 7.38. The molecule has 1 heterocycles. The number of benzene rings is 1. The zero-order chi connectivity index (χ0) is 15.6. The first kappa shape index (κ1) is 15.7. The predicted molar refractivity (Wildman–Crippen MR) is 70.6 cm³/mol. The Morgan fingerprint density at radius 2 is 1.71 bits per heavy atom. The van der Waals surface area contributed by atoms with Crippen molar-refractivity contribution in [1.29, 1.82) is 0 Å². The van der Waals surface area contributed by atoms with Crippen LogP contribution < -0.4 is 9.47 Å². The second kappa shape index (κ2) is 6.36. The van der Waals surface area contributed by atoms with Gasteiger partial charge in [0.05, 0.1) is 7.11 Å². The quantitative estimate of drug-likeness (QED) is 0.783. The fraction of sp³-hybridized carbons (Fsp3) is 0.167. The third-order valence-electron chi connectivity index (χ3n) is 2.41. The minimum atomic E-state index is -3.03. The zero-order valence-corrected chi connectivity index (χ0v) is 11.9. The molecule has 9 heteroatoms. The van der Waals surface area contributed by atoms with Gasteiger partial charge in [-0.25, -0.2) is 14.4 Å². The third kappa shape index (κ3) is 3.48. The van der Waals surface area contributed by atoms with Gasteiger partial charge in [-0.05, 0) is 18.2 Å². The lowest BCUT2D eigenvalue weighted by Crippen LogP contribution is -2.04. The van der Waals surface area contributed by atoms with Crippen LogP contribution in [0.25, 0.3) is 11.4 Å². The molecule has 0 spiro atoms. The van der Waals surface area contributed by atoms with Gasteiger partial charge in [0.25, 0.3) is 0 Å². The van der Waals surface area contributed by atoms with Crippen LogP contribution in [0.4, 0.5) is 13.2 Å². The highest BCUT2D eigenvalue weighted by molar-refractivity contribution is 6.33. The van der Waals surface area contributed by atoms with Crippen molar-refractivity contribution in [1.82, 2.24) is 9.97 Å². The second-order valence-electron chi connectivity index (χ2n) is 3.69. The van der Waals surface area contributed by atoms with Crippen LogP contribution in [-0.2, 0) is 0 Å². The largest absolute Gasteiger partial charge is 0.493 e. The first-order valence-corrected chi connectivity index (χ1v) is 6.19. The molecule has 0 radical (unpaired) electrons. The number of methoxy groups -OCH3 is 1. The van der Waals surface area contributed by atoms with Crippen LogP contribution in [0.2, 0.25) is 10.3 Å². The number of alkyl halides is 2. The van der Waals surface area contributed by atoms with Crippen molar-refractivity contribution in [2.75, 3.05) is 7.11 Å². The summed E-state index contributed by atoms with van der Waals surface area (Å²) >= 11 is 11.1. The molecule has 0 amide bonds. The topological polar surface area (TPSA) is 44.2 Å². The highest BCUT2D eigenvalue weighted by atomic mass is 35.5. The lowest BCUT2D eigenvalue weighted by atomic mass is 10.2. The van der Waals surface area contributed by atoms with E-state index in [1.807, 2.05) is 0 Å². The summed E-state index contributed by atoms with van der Waals surface area (Å²) in [5.41, 5.74) is 0.259. The van der Waals surface area contributed by atoms with Gasteiger partial charge in [0.2, 0.25) is 0 Å². The Labute approximate surface area is 127 Å². The van der Waals surface area contributed by atoms with E-state index >= 15 is 0 Å². The van der Waals surface area contributed by atoms with Crippen LogP contribution in [0, 0.1) is 5.82 Å². The standard InChI is InChI=1S/C12H7Cl2F3N2O2/c1-20-6-3-2-5(4-7(6)21-12(16)17)11-18-9(13)8(15)10(14)19-11/h2-4,12H,1H3.